The lowest BCUT2D eigenvalue weighted by Gasteiger charge is -2.38. The first-order valence-electron chi connectivity index (χ1n) is 8.99. The minimum Gasteiger partial charge on any atom is -0.392 e. The molecule has 5 heteroatoms. The van der Waals surface area contributed by atoms with Crippen molar-refractivity contribution in [3.05, 3.63) is 55.5 Å². The third kappa shape index (κ3) is 5.25. The Morgan fingerprint density at radius 1 is 1.24 bits per heavy atom. The van der Waals surface area contributed by atoms with E-state index in [-0.39, 0.29) is 11.4 Å². The number of nitrogens with one attached hydrogen (secondary N) is 1. The van der Waals surface area contributed by atoms with Crippen molar-refractivity contribution in [1.82, 2.24) is 5.32 Å². The fourth-order valence-corrected chi connectivity index (χ4v) is 5.38. The van der Waals surface area contributed by atoms with Crippen molar-refractivity contribution in [1.29, 1.82) is 0 Å². The van der Waals surface area contributed by atoms with E-state index in [9.17, 15) is 9.50 Å². The molecule has 0 amide bonds. The minimum absolute atomic E-state index is 0.0294. The molecule has 0 unspecified atom stereocenters. The molecule has 1 aliphatic rings. The van der Waals surface area contributed by atoms with Gasteiger partial charge in [-0.2, -0.15) is 0 Å². The van der Waals surface area contributed by atoms with Crippen LogP contribution in [0.25, 0.3) is 0 Å². The minimum atomic E-state index is -0.417. The van der Waals surface area contributed by atoms with Crippen LogP contribution in [0, 0.1) is 9.39 Å². The molecule has 1 aromatic heterocycles. The lowest BCUT2D eigenvalue weighted by atomic mass is 9.80. The summed E-state index contributed by atoms with van der Waals surface area (Å²) >= 11 is 3.93. The predicted octanol–water partition coefficient (Wildman–Crippen LogP) is 5.23. The van der Waals surface area contributed by atoms with Gasteiger partial charge in [0.2, 0.25) is 0 Å². The lowest BCUT2D eigenvalue weighted by Crippen LogP contribution is -2.46. The Hall–Kier alpha value is -0.500. The molecule has 0 bridgehead atoms. The maximum atomic E-state index is 13.5. The van der Waals surface area contributed by atoms with Crippen molar-refractivity contribution < 1.29 is 9.50 Å². The molecule has 1 aromatic carbocycles. The molecule has 0 saturated heterocycles. The zero-order chi connectivity index (χ0) is 17.7. The second-order valence-corrected chi connectivity index (χ2v) is 9.16. The highest BCUT2D eigenvalue weighted by atomic mass is 127. The molecular weight excluding hydrogens is 448 g/mol. The average molecular weight is 473 g/mol. The maximum Gasteiger partial charge on any atom is 0.124 e. The molecule has 2 aromatic rings. The van der Waals surface area contributed by atoms with Crippen LogP contribution in [0.3, 0.4) is 0 Å². The molecule has 25 heavy (non-hydrogen) atoms. The second kappa shape index (κ2) is 8.93. The molecule has 2 N–H and O–H groups in total. The van der Waals surface area contributed by atoms with Crippen LogP contribution < -0.4 is 5.32 Å². The van der Waals surface area contributed by atoms with Crippen molar-refractivity contribution in [2.75, 3.05) is 6.54 Å². The highest BCUT2D eigenvalue weighted by Gasteiger charge is 2.34. The molecule has 0 spiro atoms. The number of halogens is 2. The van der Waals surface area contributed by atoms with Crippen molar-refractivity contribution in [2.24, 2.45) is 0 Å². The molecule has 1 fully saturated rings. The lowest BCUT2D eigenvalue weighted by molar-refractivity contribution is 0.133. The van der Waals surface area contributed by atoms with Gasteiger partial charge in [-0.1, -0.05) is 25.3 Å². The van der Waals surface area contributed by atoms with Gasteiger partial charge in [-0.25, -0.2) is 4.39 Å². The van der Waals surface area contributed by atoms with E-state index in [0.29, 0.717) is 19.4 Å². The SMILES string of the molecule is O[C@@H](CCc1cc(F)cc(I)c1)CNC1(c2cccs2)CCCCC1. The highest BCUT2D eigenvalue weighted by molar-refractivity contribution is 14.1. The Kier molecular flexibility index (Phi) is 6.88. The third-order valence-electron chi connectivity index (χ3n) is 5.06. The van der Waals surface area contributed by atoms with Crippen molar-refractivity contribution >= 4 is 33.9 Å². The van der Waals surface area contributed by atoms with Gasteiger partial charge in [-0.3, -0.25) is 0 Å². The Balaban J connectivity index is 1.55. The number of aliphatic hydroxyl groups excluding tert-OH is 1. The molecule has 0 aliphatic heterocycles. The predicted molar refractivity (Wildman–Crippen MR) is 111 cm³/mol. The summed E-state index contributed by atoms with van der Waals surface area (Å²) in [6.07, 6.45) is 6.99. The van der Waals surface area contributed by atoms with E-state index in [1.165, 1.54) is 30.2 Å². The number of hydrogen-bond donors (Lipinski definition) is 2. The van der Waals surface area contributed by atoms with Crippen LogP contribution in [0.4, 0.5) is 4.39 Å². The molecular formula is C20H25FINOS. The number of aliphatic hydroxyl groups is 1. The van der Waals surface area contributed by atoms with Gasteiger partial charge in [0.25, 0.3) is 0 Å². The fourth-order valence-electron chi connectivity index (χ4n) is 3.72. The van der Waals surface area contributed by atoms with Gasteiger partial charge >= 0.3 is 0 Å². The number of rotatable bonds is 7. The summed E-state index contributed by atoms with van der Waals surface area (Å²) in [6, 6.07) is 9.40. The molecule has 1 heterocycles. The van der Waals surface area contributed by atoms with Crippen LogP contribution in [-0.2, 0) is 12.0 Å². The Labute approximate surface area is 167 Å². The first-order chi connectivity index (χ1) is 12.1. The van der Waals surface area contributed by atoms with Gasteiger partial charge in [0.1, 0.15) is 5.82 Å². The largest absolute Gasteiger partial charge is 0.392 e. The normalized spacial score (nSPS) is 18.2. The van der Waals surface area contributed by atoms with Crippen LogP contribution in [0.1, 0.15) is 49.0 Å². The molecule has 136 valence electrons. The molecule has 2 nitrogen and oxygen atoms in total. The average Bonchev–Trinajstić information content (AvgIpc) is 3.13. The van der Waals surface area contributed by atoms with E-state index in [2.05, 4.69) is 45.4 Å². The van der Waals surface area contributed by atoms with Gasteiger partial charge in [-0.15, -0.1) is 11.3 Å². The van der Waals surface area contributed by atoms with E-state index in [4.69, 9.17) is 0 Å². The Bertz CT molecular complexity index is 650. The summed E-state index contributed by atoms with van der Waals surface area (Å²) in [7, 11) is 0. The summed E-state index contributed by atoms with van der Waals surface area (Å²) < 4.78 is 14.4. The van der Waals surface area contributed by atoms with Crippen LogP contribution in [0.2, 0.25) is 0 Å². The molecule has 1 aliphatic carbocycles. The van der Waals surface area contributed by atoms with E-state index in [1.54, 1.807) is 17.4 Å². The molecule has 1 atom stereocenters. The standard InChI is InChI=1S/C20H25FINOS/c21-16-11-15(12-17(22)13-16)6-7-18(24)14-23-20(8-2-1-3-9-20)19-5-4-10-25-19/h4-5,10-13,18,23-24H,1-3,6-9,14H2/t18-/m0/s1. The van der Waals surface area contributed by atoms with Crippen LogP contribution in [0.5, 0.6) is 0 Å². The zero-order valence-corrected chi connectivity index (χ0v) is 17.3. The van der Waals surface area contributed by atoms with E-state index in [1.807, 2.05) is 6.07 Å². The highest BCUT2D eigenvalue weighted by Crippen LogP contribution is 2.39. The van der Waals surface area contributed by atoms with Gasteiger partial charge in [0, 0.05) is 15.0 Å². The zero-order valence-electron chi connectivity index (χ0n) is 14.3. The van der Waals surface area contributed by atoms with Crippen molar-refractivity contribution in [3.63, 3.8) is 0 Å². The maximum absolute atomic E-state index is 13.5. The topological polar surface area (TPSA) is 32.3 Å². The fraction of sp³-hybridized carbons (Fsp3) is 0.500. The summed E-state index contributed by atoms with van der Waals surface area (Å²) in [4.78, 5) is 1.39. The van der Waals surface area contributed by atoms with Crippen molar-refractivity contribution in [3.8, 4) is 0 Å². The van der Waals surface area contributed by atoms with E-state index >= 15 is 0 Å². The van der Waals surface area contributed by atoms with Gasteiger partial charge in [0.15, 0.2) is 0 Å². The summed E-state index contributed by atoms with van der Waals surface area (Å²) in [5.74, 6) is -0.201. The Morgan fingerprint density at radius 3 is 2.72 bits per heavy atom. The first-order valence-corrected chi connectivity index (χ1v) is 11.0. The van der Waals surface area contributed by atoms with Crippen LogP contribution in [-0.4, -0.2) is 17.8 Å². The summed E-state index contributed by atoms with van der Waals surface area (Å²) in [5, 5.41) is 16.3. The molecule has 3 rings (SSSR count). The number of aryl methyl sites for hydroxylation is 1. The molecule has 0 radical (unpaired) electrons. The second-order valence-electron chi connectivity index (χ2n) is 6.97. The monoisotopic (exact) mass is 473 g/mol. The number of hydrogen-bond acceptors (Lipinski definition) is 3. The van der Waals surface area contributed by atoms with Crippen LogP contribution >= 0.6 is 33.9 Å². The summed E-state index contributed by atoms with van der Waals surface area (Å²) in [5.41, 5.74) is 0.982. The van der Waals surface area contributed by atoms with Crippen LogP contribution in [0.15, 0.2) is 35.7 Å². The third-order valence-corrected chi connectivity index (χ3v) is 6.76. The van der Waals surface area contributed by atoms with E-state index < -0.39 is 6.10 Å². The number of thiophene rings is 1. The van der Waals surface area contributed by atoms with Crippen molar-refractivity contribution in [2.45, 2.75) is 56.6 Å². The molecule has 1 saturated carbocycles. The Morgan fingerprint density at radius 2 is 2.04 bits per heavy atom. The summed E-state index contributed by atoms with van der Waals surface area (Å²) in [6.45, 7) is 0.588. The van der Waals surface area contributed by atoms with E-state index in [0.717, 1.165) is 22.0 Å². The van der Waals surface area contributed by atoms with Gasteiger partial charge < -0.3 is 10.4 Å². The van der Waals surface area contributed by atoms with Gasteiger partial charge in [0.05, 0.1) is 11.6 Å². The first kappa shape index (κ1) is 19.3. The number of benzene rings is 1. The van der Waals surface area contributed by atoms with Gasteiger partial charge in [-0.05, 0) is 83.5 Å². The smallest absolute Gasteiger partial charge is 0.124 e. The quantitative estimate of drug-likeness (QED) is 0.540.